The molecule has 0 fully saturated rings. The Hall–Kier alpha value is -2.37. The first-order valence-electron chi connectivity index (χ1n) is 8.60. The van der Waals surface area contributed by atoms with E-state index >= 15 is 0 Å². The molecule has 5 nitrogen and oxygen atoms in total. The van der Waals surface area contributed by atoms with Crippen molar-refractivity contribution in [3.05, 3.63) is 59.7 Å². The van der Waals surface area contributed by atoms with Crippen molar-refractivity contribution >= 4 is 17.3 Å². The average molecular weight is 340 g/mol. The number of aliphatic hydroxyl groups excluding tert-OH is 1. The molecule has 1 aliphatic rings. The minimum absolute atomic E-state index is 0.175. The molecule has 1 unspecified atom stereocenters. The third-order valence-corrected chi connectivity index (χ3v) is 4.41. The fraction of sp³-hybridized carbons (Fsp3) is 0.350. The van der Waals surface area contributed by atoms with Crippen LogP contribution in [0.3, 0.4) is 0 Å². The lowest BCUT2D eigenvalue weighted by Gasteiger charge is -2.31. The Labute approximate surface area is 148 Å². The second kappa shape index (κ2) is 8.14. The highest BCUT2D eigenvalue weighted by Gasteiger charge is 2.18. The molecule has 3 rings (SSSR count). The molecule has 0 bridgehead atoms. The lowest BCUT2D eigenvalue weighted by molar-refractivity contribution is 0.0610. The monoisotopic (exact) mass is 340 g/mol. The van der Waals surface area contributed by atoms with Crippen LogP contribution in [0.5, 0.6) is 0 Å². The number of anilines is 2. The average Bonchev–Trinajstić information content (AvgIpc) is 2.66. The smallest absolute Gasteiger partial charge is 0.251 e. The number of carbonyl (C=O) groups is 1. The van der Waals surface area contributed by atoms with Crippen LogP contribution < -0.4 is 10.2 Å². The summed E-state index contributed by atoms with van der Waals surface area (Å²) in [5.74, 6) is -0.194. The van der Waals surface area contributed by atoms with E-state index < -0.39 is 6.10 Å². The summed E-state index contributed by atoms with van der Waals surface area (Å²) in [6.45, 7) is 1.35. The predicted octanol–water partition coefficient (Wildman–Crippen LogP) is 2.51. The van der Waals surface area contributed by atoms with E-state index in [0.717, 1.165) is 25.1 Å². The summed E-state index contributed by atoms with van der Waals surface area (Å²) in [5.41, 5.74) is 4.28. The van der Waals surface area contributed by atoms with Gasteiger partial charge in [-0.2, -0.15) is 0 Å². The highest BCUT2D eigenvalue weighted by Crippen LogP contribution is 2.33. The van der Waals surface area contributed by atoms with E-state index in [1.165, 1.54) is 18.4 Å². The van der Waals surface area contributed by atoms with E-state index in [2.05, 4.69) is 34.5 Å². The van der Waals surface area contributed by atoms with Gasteiger partial charge in [0.15, 0.2) is 0 Å². The van der Waals surface area contributed by atoms with Gasteiger partial charge in [0.05, 0.1) is 12.7 Å². The van der Waals surface area contributed by atoms with E-state index in [1.54, 1.807) is 0 Å². The van der Waals surface area contributed by atoms with Crippen LogP contribution in [0.4, 0.5) is 11.4 Å². The van der Waals surface area contributed by atoms with Gasteiger partial charge in [-0.05, 0) is 48.7 Å². The van der Waals surface area contributed by atoms with Crippen LogP contribution in [0.2, 0.25) is 0 Å². The quantitative estimate of drug-likeness (QED) is 0.848. The fourth-order valence-electron chi connectivity index (χ4n) is 3.16. The van der Waals surface area contributed by atoms with Gasteiger partial charge in [-0.15, -0.1) is 0 Å². The number of nitrogens with zero attached hydrogens (tertiary/aromatic N) is 1. The van der Waals surface area contributed by atoms with E-state index in [4.69, 9.17) is 4.74 Å². The number of aliphatic hydroxyl groups is 1. The number of amides is 1. The van der Waals surface area contributed by atoms with Crippen LogP contribution in [-0.4, -0.2) is 43.9 Å². The molecule has 0 saturated heterocycles. The SMILES string of the molecule is COCC(O)CNC(=O)c1ccc(N2CCCc3ccccc32)cc1. The topological polar surface area (TPSA) is 61.8 Å². The molecule has 0 aromatic heterocycles. The molecule has 25 heavy (non-hydrogen) atoms. The van der Waals surface area contributed by atoms with Gasteiger partial charge in [0.25, 0.3) is 5.91 Å². The lowest BCUT2D eigenvalue weighted by Crippen LogP contribution is -2.34. The zero-order valence-electron chi connectivity index (χ0n) is 14.4. The van der Waals surface area contributed by atoms with E-state index in [9.17, 15) is 9.90 Å². The molecule has 0 aliphatic carbocycles. The van der Waals surface area contributed by atoms with Crippen molar-refractivity contribution in [2.24, 2.45) is 0 Å². The van der Waals surface area contributed by atoms with Crippen LogP contribution >= 0.6 is 0 Å². The minimum atomic E-state index is -0.696. The van der Waals surface area contributed by atoms with Crippen LogP contribution in [0, 0.1) is 0 Å². The number of benzene rings is 2. The highest BCUT2D eigenvalue weighted by molar-refractivity contribution is 5.94. The molecule has 0 saturated carbocycles. The molecule has 1 amide bonds. The molecule has 2 aromatic carbocycles. The third kappa shape index (κ3) is 4.18. The first kappa shape index (κ1) is 17.5. The Balaban J connectivity index is 1.68. The maximum Gasteiger partial charge on any atom is 0.251 e. The second-order valence-electron chi connectivity index (χ2n) is 6.25. The predicted molar refractivity (Wildman–Crippen MR) is 98.4 cm³/mol. The number of rotatable bonds is 6. The Morgan fingerprint density at radius 2 is 2.00 bits per heavy atom. The van der Waals surface area contributed by atoms with Crippen molar-refractivity contribution in [2.75, 3.05) is 31.7 Å². The molecular weight excluding hydrogens is 316 g/mol. The van der Waals surface area contributed by atoms with Gasteiger partial charge >= 0.3 is 0 Å². The van der Waals surface area contributed by atoms with Crippen molar-refractivity contribution in [1.29, 1.82) is 0 Å². The van der Waals surface area contributed by atoms with Crippen LogP contribution in [-0.2, 0) is 11.2 Å². The molecule has 132 valence electrons. The van der Waals surface area contributed by atoms with Crippen molar-refractivity contribution in [1.82, 2.24) is 5.32 Å². The van der Waals surface area contributed by atoms with Gasteiger partial charge in [-0.3, -0.25) is 4.79 Å². The molecule has 0 spiro atoms. The van der Waals surface area contributed by atoms with Crippen molar-refractivity contribution in [2.45, 2.75) is 18.9 Å². The zero-order valence-corrected chi connectivity index (χ0v) is 14.4. The number of aryl methyl sites for hydroxylation is 1. The van der Waals surface area contributed by atoms with E-state index in [1.807, 2.05) is 24.3 Å². The lowest BCUT2D eigenvalue weighted by atomic mass is 10.0. The minimum Gasteiger partial charge on any atom is -0.389 e. The molecule has 1 atom stereocenters. The second-order valence-corrected chi connectivity index (χ2v) is 6.25. The molecule has 5 heteroatoms. The zero-order chi connectivity index (χ0) is 17.6. The van der Waals surface area contributed by atoms with Crippen LogP contribution in [0.1, 0.15) is 22.3 Å². The Bertz CT molecular complexity index is 715. The summed E-state index contributed by atoms with van der Waals surface area (Å²) in [4.78, 5) is 14.5. The van der Waals surface area contributed by atoms with Gasteiger partial charge in [0.2, 0.25) is 0 Å². The number of hydrogen-bond acceptors (Lipinski definition) is 4. The summed E-state index contributed by atoms with van der Waals surface area (Å²) < 4.78 is 4.85. The first-order chi connectivity index (χ1) is 12.2. The summed E-state index contributed by atoms with van der Waals surface area (Å²) in [7, 11) is 1.52. The van der Waals surface area contributed by atoms with Crippen molar-refractivity contribution in [3.8, 4) is 0 Å². The summed E-state index contributed by atoms with van der Waals surface area (Å²) in [6, 6.07) is 16.1. The van der Waals surface area contributed by atoms with Crippen molar-refractivity contribution in [3.63, 3.8) is 0 Å². The van der Waals surface area contributed by atoms with Crippen LogP contribution in [0.15, 0.2) is 48.5 Å². The van der Waals surface area contributed by atoms with Crippen LogP contribution in [0.25, 0.3) is 0 Å². The molecule has 0 radical (unpaired) electrons. The maximum atomic E-state index is 12.2. The molecule has 2 aromatic rings. The Morgan fingerprint density at radius 3 is 2.76 bits per heavy atom. The fourth-order valence-corrected chi connectivity index (χ4v) is 3.16. The van der Waals surface area contributed by atoms with E-state index in [-0.39, 0.29) is 19.1 Å². The van der Waals surface area contributed by atoms with Gasteiger partial charge in [-0.1, -0.05) is 18.2 Å². The Morgan fingerprint density at radius 1 is 1.24 bits per heavy atom. The van der Waals surface area contributed by atoms with Gasteiger partial charge in [0.1, 0.15) is 0 Å². The Kier molecular flexibility index (Phi) is 5.68. The van der Waals surface area contributed by atoms with Crippen molar-refractivity contribution < 1.29 is 14.6 Å². The molecule has 2 N–H and O–H groups in total. The first-order valence-corrected chi connectivity index (χ1v) is 8.60. The number of hydrogen-bond donors (Lipinski definition) is 2. The van der Waals surface area contributed by atoms with Gasteiger partial charge in [0, 0.05) is 37.1 Å². The highest BCUT2D eigenvalue weighted by atomic mass is 16.5. The largest absolute Gasteiger partial charge is 0.389 e. The number of methoxy groups -OCH3 is 1. The molecular formula is C20H24N2O3. The standard InChI is InChI=1S/C20H24N2O3/c1-25-14-18(23)13-21-20(24)16-8-10-17(11-9-16)22-12-4-6-15-5-2-3-7-19(15)22/h2-3,5,7-11,18,23H,4,6,12-14H2,1H3,(H,21,24). The number of para-hydroxylation sites is 1. The van der Waals surface area contributed by atoms with Gasteiger partial charge in [-0.25, -0.2) is 0 Å². The number of nitrogens with one attached hydrogen (secondary N) is 1. The molecule has 1 heterocycles. The maximum absolute atomic E-state index is 12.2. The number of ether oxygens (including phenoxy) is 1. The van der Waals surface area contributed by atoms with Gasteiger partial charge < -0.3 is 20.1 Å². The summed E-state index contributed by atoms with van der Waals surface area (Å²) in [6.07, 6.45) is 1.53. The summed E-state index contributed by atoms with van der Waals surface area (Å²) >= 11 is 0. The number of carbonyl (C=O) groups excluding carboxylic acids is 1. The third-order valence-electron chi connectivity index (χ3n) is 4.41. The normalized spacial score (nSPS) is 14.7. The number of fused-ring (bicyclic) bond motifs is 1. The summed E-state index contributed by atoms with van der Waals surface area (Å²) in [5, 5.41) is 12.3. The van der Waals surface area contributed by atoms with E-state index in [0.29, 0.717) is 5.56 Å². The molecule has 1 aliphatic heterocycles.